The molecule has 0 unspecified atom stereocenters. The van der Waals surface area contributed by atoms with Gasteiger partial charge in [0, 0.05) is 30.5 Å². The number of carbonyl (C=O) groups is 1. The standard InChI is InChI=1S/C20H21N5OS/c26-18(22-13-8-15-4-2-1-3-5-15)14-27-20-24-23-19(25(20)17-6-7-17)16-9-11-21-12-10-16/h1-5,9-12,17H,6-8,13-14H2,(H,22,26). The molecular formula is C20H21N5OS. The SMILES string of the molecule is O=C(CSc1nnc(-c2ccncc2)n1C1CC1)NCCc1ccccc1. The number of thioether (sulfide) groups is 1. The normalized spacial score (nSPS) is 13.5. The average molecular weight is 379 g/mol. The van der Waals surface area contributed by atoms with Crippen LogP contribution in [0.4, 0.5) is 0 Å². The Labute approximate surface area is 162 Å². The monoisotopic (exact) mass is 379 g/mol. The van der Waals surface area contributed by atoms with Crippen LogP contribution in [0.15, 0.2) is 60.0 Å². The molecule has 4 rings (SSSR count). The molecule has 0 aliphatic heterocycles. The molecule has 1 aliphatic carbocycles. The van der Waals surface area contributed by atoms with Gasteiger partial charge in [-0.05, 0) is 37.0 Å². The van der Waals surface area contributed by atoms with Crippen molar-refractivity contribution < 1.29 is 4.79 Å². The minimum Gasteiger partial charge on any atom is -0.355 e. The molecule has 3 aromatic rings. The van der Waals surface area contributed by atoms with Crippen molar-refractivity contribution in [2.45, 2.75) is 30.5 Å². The Morgan fingerprint density at radius 2 is 1.89 bits per heavy atom. The Kier molecular flexibility index (Phi) is 5.48. The maximum absolute atomic E-state index is 12.2. The third-order valence-electron chi connectivity index (χ3n) is 4.43. The molecule has 1 fully saturated rings. The number of nitrogens with zero attached hydrogens (tertiary/aromatic N) is 4. The van der Waals surface area contributed by atoms with Gasteiger partial charge in [-0.3, -0.25) is 14.3 Å². The number of benzene rings is 1. The van der Waals surface area contributed by atoms with Crippen molar-refractivity contribution >= 4 is 17.7 Å². The Morgan fingerprint density at radius 3 is 2.63 bits per heavy atom. The lowest BCUT2D eigenvalue weighted by Crippen LogP contribution is -2.27. The van der Waals surface area contributed by atoms with E-state index in [0.717, 1.165) is 35.8 Å². The maximum Gasteiger partial charge on any atom is 0.230 e. The first-order chi connectivity index (χ1) is 13.3. The van der Waals surface area contributed by atoms with E-state index in [1.807, 2.05) is 30.3 Å². The Morgan fingerprint density at radius 1 is 1.11 bits per heavy atom. The van der Waals surface area contributed by atoms with E-state index in [2.05, 4.69) is 37.2 Å². The lowest BCUT2D eigenvalue weighted by atomic mass is 10.1. The first-order valence-electron chi connectivity index (χ1n) is 9.10. The second kappa shape index (κ2) is 8.35. The van der Waals surface area contributed by atoms with Crippen molar-refractivity contribution in [1.82, 2.24) is 25.1 Å². The van der Waals surface area contributed by atoms with E-state index in [1.165, 1.54) is 17.3 Å². The third-order valence-corrected chi connectivity index (χ3v) is 5.37. The molecule has 138 valence electrons. The van der Waals surface area contributed by atoms with Gasteiger partial charge in [0.1, 0.15) is 0 Å². The van der Waals surface area contributed by atoms with Crippen LogP contribution in [-0.2, 0) is 11.2 Å². The summed E-state index contributed by atoms with van der Waals surface area (Å²) in [6, 6.07) is 14.5. The molecular weight excluding hydrogens is 358 g/mol. The summed E-state index contributed by atoms with van der Waals surface area (Å²) in [5.41, 5.74) is 2.23. The number of amides is 1. The van der Waals surface area contributed by atoms with E-state index in [9.17, 15) is 4.79 Å². The van der Waals surface area contributed by atoms with Crippen molar-refractivity contribution in [3.05, 3.63) is 60.4 Å². The van der Waals surface area contributed by atoms with Crippen molar-refractivity contribution in [3.63, 3.8) is 0 Å². The Balaban J connectivity index is 1.34. The fourth-order valence-corrected chi connectivity index (χ4v) is 3.74. The molecule has 0 bridgehead atoms. The van der Waals surface area contributed by atoms with Gasteiger partial charge in [-0.15, -0.1) is 10.2 Å². The van der Waals surface area contributed by atoms with Gasteiger partial charge >= 0.3 is 0 Å². The van der Waals surface area contributed by atoms with E-state index in [0.29, 0.717) is 18.3 Å². The zero-order chi connectivity index (χ0) is 18.5. The molecule has 1 aromatic carbocycles. The van der Waals surface area contributed by atoms with Gasteiger partial charge in [0.05, 0.1) is 5.75 Å². The number of nitrogens with one attached hydrogen (secondary N) is 1. The predicted molar refractivity (Wildman–Crippen MR) is 105 cm³/mol. The van der Waals surface area contributed by atoms with Crippen LogP contribution < -0.4 is 5.32 Å². The minimum atomic E-state index is 0.0201. The second-order valence-corrected chi connectivity index (χ2v) is 7.46. The van der Waals surface area contributed by atoms with Crippen molar-refractivity contribution in [2.24, 2.45) is 0 Å². The Bertz CT molecular complexity index is 893. The zero-order valence-corrected chi connectivity index (χ0v) is 15.7. The van der Waals surface area contributed by atoms with Gasteiger partial charge in [0.25, 0.3) is 0 Å². The molecule has 1 amide bonds. The third kappa shape index (κ3) is 4.54. The summed E-state index contributed by atoms with van der Waals surface area (Å²) >= 11 is 1.45. The number of hydrogen-bond acceptors (Lipinski definition) is 5. The van der Waals surface area contributed by atoms with Crippen LogP contribution in [0.3, 0.4) is 0 Å². The highest BCUT2D eigenvalue weighted by Crippen LogP contribution is 2.40. The first-order valence-corrected chi connectivity index (χ1v) is 10.1. The van der Waals surface area contributed by atoms with Crippen LogP contribution in [0, 0.1) is 0 Å². The summed E-state index contributed by atoms with van der Waals surface area (Å²) in [7, 11) is 0. The molecule has 0 radical (unpaired) electrons. The maximum atomic E-state index is 12.2. The van der Waals surface area contributed by atoms with Crippen LogP contribution in [0.25, 0.3) is 11.4 Å². The highest BCUT2D eigenvalue weighted by atomic mass is 32.2. The molecule has 2 heterocycles. The smallest absolute Gasteiger partial charge is 0.230 e. The van der Waals surface area contributed by atoms with Gasteiger partial charge in [0.2, 0.25) is 5.91 Å². The van der Waals surface area contributed by atoms with E-state index in [4.69, 9.17) is 0 Å². The predicted octanol–water partition coefficient (Wildman–Crippen LogP) is 3.13. The van der Waals surface area contributed by atoms with Gasteiger partial charge in [0.15, 0.2) is 11.0 Å². The number of aromatic nitrogens is 4. The van der Waals surface area contributed by atoms with E-state index in [-0.39, 0.29) is 5.91 Å². The number of hydrogen-bond donors (Lipinski definition) is 1. The molecule has 27 heavy (non-hydrogen) atoms. The van der Waals surface area contributed by atoms with Crippen molar-refractivity contribution in [3.8, 4) is 11.4 Å². The van der Waals surface area contributed by atoms with Crippen molar-refractivity contribution in [2.75, 3.05) is 12.3 Å². The van der Waals surface area contributed by atoms with Gasteiger partial charge in [-0.25, -0.2) is 0 Å². The fourth-order valence-electron chi connectivity index (χ4n) is 2.91. The molecule has 2 aromatic heterocycles. The van der Waals surface area contributed by atoms with Crippen LogP contribution in [0.2, 0.25) is 0 Å². The summed E-state index contributed by atoms with van der Waals surface area (Å²) in [5, 5.41) is 12.5. The van der Waals surface area contributed by atoms with E-state index in [1.54, 1.807) is 12.4 Å². The number of pyridine rings is 1. The molecule has 1 saturated carbocycles. The van der Waals surface area contributed by atoms with Crippen molar-refractivity contribution in [1.29, 1.82) is 0 Å². The van der Waals surface area contributed by atoms with Crippen LogP contribution in [0.1, 0.15) is 24.4 Å². The molecule has 1 aliphatic rings. The summed E-state index contributed by atoms with van der Waals surface area (Å²) < 4.78 is 2.16. The molecule has 1 N–H and O–H groups in total. The van der Waals surface area contributed by atoms with E-state index >= 15 is 0 Å². The zero-order valence-electron chi connectivity index (χ0n) is 14.9. The average Bonchev–Trinajstić information content (AvgIpc) is 3.47. The molecule has 0 saturated heterocycles. The summed E-state index contributed by atoms with van der Waals surface area (Å²) in [4.78, 5) is 16.2. The Hall–Kier alpha value is -2.67. The van der Waals surface area contributed by atoms with Crippen LogP contribution in [-0.4, -0.2) is 38.0 Å². The van der Waals surface area contributed by atoms with Gasteiger partial charge in [-0.1, -0.05) is 42.1 Å². The highest BCUT2D eigenvalue weighted by Gasteiger charge is 2.30. The summed E-state index contributed by atoms with van der Waals surface area (Å²) in [6.07, 6.45) is 6.62. The molecule has 0 spiro atoms. The van der Waals surface area contributed by atoms with Crippen LogP contribution in [0.5, 0.6) is 0 Å². The minimum absolute atomic E-state index is 0.0201. The van der Waals surface area contributed by atoms with Gasteiger partial charge in [-0.2, -0.15) is 0 Å². The lowest BCUT2D eigenvalue weighted by Gasteiger charge is -2.09. The highest BCUT2D eigenvalue weighted by molar-refractivity contribution is 7.99. The summed E-state index contributed by atoms with van der Waals surface area (Å²) in [6.45, 7) is 0.640. The first kappa shape index (κ1) is 17.7. The number of carbonyl (C=O) groups excluding carboxylic acids is 1. The molecule has 6 nitrogen and oxygen atoms in total. The molecule has 0 atom stereocenters. The quantitative estimate of drug-likeness (QED) is 0.609. The summed E-state index contributed by atoms with van der Waals surface area (Å²) in [5.74, 6) is 1.22. The largest absolute Gasteiger partial charge is 0.355 e. The van der Waals surface area contributed by atoms with E-state index < -0.39 is 0 Å². The fraction of sp³-hybridized carbons (Fsp3) is 0.300. The number of rotatable bonds is 8. The second-order valence-electron chi connectivity index (χ2n) is 6.52. The van der Waals surface area contributed by atoms with Crippen LogP contribution >= 0.6 is 11.8 Å². The topological polar surface area (TPSA) is 72.7 Å². The lowest BCUT2D eigenvalue weighted by molar-refractivity contribution is -0.118. The van der Waals surface area contributed by atoms with Gasteiger partial charge < -0.3 is 5.32 Å². The molecule has 7 heteroatoms.